The van der Waals surface area contributed by atoms with Crippen molar-refractivity contribution in [3.05, 3.63) is 94.5 Å². The predicted octanol–water partition coefficient (Wildman–Crippen LogP) is 3.06. The molecular formula is C33H37ClN6O5. The highest BCUT2D eigenvalue weighted by atomic mass is 35.5. The van der Waals surface area contributed by atoms with E-state index in [9.17, 15) is 19.5 Å². The highest BCUT2D eigenvalue weighted by Crippen LogP contribution is 2.34. The van der Waals surface area contributed by atoms with Crippen LogP contribution in [0.3, 0.4) is 0 Å². The van der Waals surface area contributed by atoms with E-state index in [1.807, 2.05) is 48.5 Å². The van der Waals surface area contributed by atoms with Crippen LogP contribution in [-0.2, 0) is 33.8 Å². The van der Waals surface area contributed by atoms with Gasteiger partial charge in [-0.2, -0.15) is 5.01 Å². The first-order chi connectivity index (χ1) is 21.8. The maximum atomic E-state index is 14.2. The van der Waals surface area contributed by atoms with Crippen LogP contribution in [0.1, 0.15) is 16.7 Å². The van der Waals surface area contributed by atoms with Crippen LogP contribution in [0.15, 0.2) is 72.8 Å². The molecule has 6 rings (SSSR count). The quantitative estimate of drug-likeness (QED) is 0.393. The molecule has 0 unspecified atom stereocenters. The summed E-state index contributed by atoms with van der Waals surface area (Å²) in [7, 11) is 1.64. The fourth-order valence-electron chi connectivity index (χ4n) is 6.34. The summed E-state index contributed by atoms with van der Waals surface area (Å²) in [5.41, 5.74) is 3.55. The van der Waals surface area contributed by atoms with E-state index in [0.29, 0.717) is 37.9 Å². The number of carbonyl (C=O) groups is 3. The summed E-state index contributed by atoms with van der Waals surface area (Å²) in [4.78, 5) is 46.7. The number of ether oxygens (including phenoxy) is 1. The van der Waals surface area contributed by atoms with Crippen molar-refractivity contribution in [1.82, 2.24) is 25.1 Å². The second-order valence-corrected chi connectivity index (χ2v) is 11.9. The Hall–Kier alpha value is -4.32. The van der Waals surface area contributed by atoms with E-state index in [1.165, 1.54) is 5.01 Å². The number of urea groups is 1. The number of nitrogens with one attached hydrogen (secondary N) is 1. The Morgan fingerprint density at radius 1 is 1.00 bits per heavy atom. The highest BCUT2D eigenvalue weighted by Gasteiger charge is 2.51. The second-order valence-electron chi connectivity index (χ2n) is 11.5. The Morgan fingerprint density at radius 3 is 2.47 bits per heavy atom. The fourth-order valence-corrected chi connectivity index (χ4v) is 6.66. The number of amides is 4. The van der Waals surface area contributed by atoms with Crippen molar-refractivity contribution in [2.45, 2.75) is 31.7 Å². The van der Waals surface area contributed by atoms with Gasteiger partial charge in [-0.25, -0.2) is 4.79 Å². The number of rotatable bonds is 8. The van der Waals surface area contributed by atoms with Gasteiger partial charge in [-0.1, -0.05) is 66.2 Å². The molecule has 11 nitrogen and oxygen atoms in total. The van der Waals surface area contributed by atoms with Crippen molar-refractivity contribution >= 4 is 35.1 Å². The van der Waals surface area contributed by atoms with E-state index in [2.05, 4.69) is 10.2 Å². The number of nitrogens with zero attached hydrogens (tertiary/aromatic N) is 5. The maximum Gasteiger partial charge on any atom is 0.332 e. The minimum Gasteiger partial charge on any atom is -0.508 e. The molecule has 3 fully saturated rings. The molecule has 0 bridgehead atoms. The lowest BCUT2D eigenvalue weighted by Gasteiger charge is -2.46. The molecule has 3 heterocycles. The molecule has 0 aromatic heterocycles. The number of piperazine rings is 1. The van der Waals surface area contributed by atoms with Crippen LogP contribution in [0, 0.1) is 0 Å². The zero-order valence-corrected chi connectivity index (χ0v) is 25.9. The Morgan fingerprint density at radius 2 is 1.73 bits per heavy atom. The third kappa shape index (κ3) is 6.56. The van der Waals surface area contributed by atoms with Crippen LogP contribution in [0.25, 0.3) is 0 Å². The smallest absolute Gasteiger partial charge is 0.332 e. The molecule has 45 heavy (non-hydrogen) atoms. The highest BCUT2D eigenvalue weighted by molar-refractivity contribution is 6.33. The Kier molecular flexibility index (Phi) is 9.11. The Bertz CT molecular complexity index is 1530. The van der Waals surface area contributed by atoms with Gasteiger partial charge in [-0.15, -0.1) is 0 Å². The summed E-state index contributed by atoms with van der Waals surface area (Å²) >= 11 is 6.73. The summed E-state index contributed by atoms with van der Waals surface area (Å²) in [5.74, 6) is -0.286. The van der Waals surface area contributed by atoms with Gasteiger partial charge in [0.1, 0.15) is 18.0 Å². The lowest BCUT2D eigenvalue weighted by Crippen LogP contribution is -2.65. The van der Waals surface area contributed by atoms with Gasteiger partial charge in [-0.05, 0) is 34.9 Å². The third-order valence-electron chi connectivity index (χ3n) is 8.66. The first-order valence-corrected chi connectivity index (χ1v) is 15.5. The lowest BCUT2D eigenvalue weighted by molar-refractivity contribution is -0.157. The number of aromatic hydroxyl groups is 1. The normalized spacial score (nSPS) is 20.4. The minimum atomic E-state index is -0.794. The van der Waals surface area contributed by atoms with Crippen molar-refractivity contribution in [1.29, 1.82) is 0 Å². The molecule has 3 aliphatic rings. The number of hydrazine groups is 1. The number of anilines is 1. The van der Waals surface area contributed by atoms with E-state index in [0.717, 1.165) is 22.4 Å². The zero-order chi connectivity index (χ0) is 31.5. The van der Waals surface area contributed by atoms with Gasteiger partial charge >= 0.3 is 6.03 Å². The largest absolute Gasteiger partial charge is 0.508 e. The topological polar surface area (TPSA) is 109 Å². The number of para-hydroxylation sites is 1. The number of phenolic OH excluding ortho intramolecular Hbond substituents is 1. The molecule has 0 spiro atoms. The van der Waals surface area contributed by atoms with Gasteiger partial charge in [0.05, 0.1) is 37.0 Å². The average molecular weight is 633 g/mol. The molecule has 0 saturated carbocycles. The average Bonchev–Trinajstić information content (AvgIpc) is 3.38. The van der Waals surface area contributed by atoms with Gasteiger partial charge in [-0.3, -0.25) is 14.6 Å². The van der Waals surface area contributed by atoms with Crippen molar-refractivity contribution in [2.75, 3.05) is 51.3 Å². The van der Waals surface area contributed by atoms with Crippen LogP contribution in [0.4, 0.5) is 10.5 Å². The van der Waals surface area contributed by atoms with Crippen LogP contribution < -0.4 is 10.2 Å². The number of hydrogen-bond donors (Lipinski definition) is 2. The lowest BCUT2D eigenvalue weighted by atomic mass is 9.99. The molecule has 12 heteroatoms. The molecule has 0 radical (unpaired) electrons. The number of fused-ring (bicyclic) bond motifs is 1. The van der Waals surface area contributed by atoms with Gasteiger partial charge < -0.3 is 29.9 Å². The monoisotopic (exact) mass is 632 g/mol. The van der Waals surface area contributed by atoms with Crippen molar-refractivity contribution in [3.63, 3.8) is 0 Å². The number of hydrogen-bond acceptors (Lipinski definition) is 7. The second kappa shape index (κ2) is 13.4. The maximum absolute atomic E-state index is 14.2. The van der Waals surface area contributed by atoms with E-state index >= 15 is 0 Å². The molecule has 3 aromatic carbocycles. The van der Waals surface area contributed by atoms with E-state index in [1.54, 1.807) is 46.1 Å². The molecule has 2 atom stereocenters. The zero-order valence-electron chi connectivity index (χ0n) is 25.1. The summed E-state index contributed by atoms with van der Waals surface area (Å²) in [6.07, 6.45) is -0.294. The summed E-state index contributed by atoms with van der Waals surface area (Å²) in [5, 5.41) is 16.5. The number of carbonyl (C=O) groups excluding carboxylic acids is 3. The summed E-state index contributed by atoms with van der Waals surface area (Å²) < 4.78 is 5.55. The van der Waals surface area contributed by atoms with E-state index in [-0.39, 0.29) is 49.7 Å². The van der Waals surface area contributed by atoms with Crippen LogP contribution in [0.2, 0.25) is 5.02 Å². The Labute approximate surface area is 267 Å². The van der Waals surface area contributed by atoms with Crippen molar-refractivity contribution in [2.24, 2.45) is 0 Å². The van der Waals surface area contributed by atoms with E-state index in [4.69, 9.17) is 16.3 Å². The molecule has 3 aromatic rings. The number of benzene rings is 3. The first-order valence-electron chi connectivity index (χ1n) is 15.1. The molecule has 3 aliphatic heterocycles. The van der Waals surface area contributed by atoms with Gasteiger partial charge in [0.2, 0.25) is 11.8 Å². The summed E-state index contributed by atoms with van der Waals surface area (Å²) in [6, 6.07) is 20.8. The Balaban J connectivity index is 1.28. The number of halogens is 1. The molecule has 3 saturated heterocycles. The van der Waals surface area contributed by atoms with Crippen molar-refractivity contribution < 1.29 is 24.2 Å². The molecule has 0 aliphatic carbocycles. The molecule has 4 amide bonds. The number of morpholine rings is 1. The SMILES string of the molecule is CN(C(=O)NCc1ccccc1)N1CC(=O)N2[C@@H](Cc3ccc(O)cc3)C(=O)N(Cc3cccc(Cl)c3N3CCOCC3)C[C@@H]21. The number of phenols is 1. The van der Waals surface area contributed by atoms with Gasteiger partial charge in [0, 0.05) is 39.6 Å². The molecule has 236 valence electrons. The molecular weight excluding hydrogens is 596 g/mol. The third-order valence-corrected chi connectivity index (χ3v) is 8.96. The van der Waals surface area contributed by atoms with Crippen LogP contribution >= 0.6 is 11.6 Å². The fraction of sp³-hybridized carbons (Fsp3) is 0.364. The molecule has 2 N–H and O–H groups in total. The standard InChI is InChI=1S/C33H37ClN6O5/c1-36(33(44)35-19-24-6-3-2-4-7-24)39-22-30(42)40-28(18-23-10-12-26(41)13-11-23)32(43)38(21-29(39)40)20-25-8-5-9-27(34)31(25)37-14-16-45-17-15-37/h2-13,28-29,41H,14-22H2,1H3,(H,35,44)/t28-,29+/m0/s1. The van der Waals surface area contributed by atoms with Gasteiger partial charge in [0.25, 0.3) is 0 Å². The van der Waals surface area contributed by atoms with Crippen molar-refractivity contribution in [3.8, 4) is 5.75 Å². The van der Waals surface area contributed by atoms with Crippen LogP contribution in [0.5, 0.6) is 5.75 Å². The van der Waals surface area contributed by atoms with E-state index < -0.39 is 12.2 Å². The van der Waals surface area contributed by atoms with Crippen LogP contribution in [-0.4, -0.2) is 101 Å². The first kappa shape index (κ1) is 30.7. The summed E-state index contributed by atoms with van der Waals surface area (Å²) in [6.45, 7) is 3.36. The minimum absolute atomic E-state index is 0.0384. The van der Waals surface area contributed by atoms with Gasteiger partial charge in [0.15, 0.2) is 0 Å². The predicted molar refractivity (Wildman–Crippen MR) is 169 cm³/mol.